The summed E-state index contributed by atoms with van der Waals surface area (Å²) in [4.78, 5) is 4.33. The summed E-state index contributed by atoms with van der Waals surface area (Å²) in [6.45, 7) is 2.73. The van der Waals surface area contributed by atoms with Crippen molar-refractivity contribution in [2.24, 2.45) is 10.9 Å². The third-order valence-electron chi connectivity index (χ3n) is 5.63. The van der Waals surface area contributed by atoms with Gasteiger partial charge in [0, 0.05) is 26.6 Å². The Morgan fingerprint density at radius 3 is 2.80 bits per heavy atom. The maximum Gasteiger partial charge on any atom is 0.191 e. The molecule has 0 saturated heterocycles. The lowest BCUT2D eigenvalue weighted by Gasteiger charge is -2.13. The molecule has 1 saturated carbocycles. The number of hydrogen-bond acceptors (Lipinski definition) is 3. The zero-order valence-corrected chi connectivity index (χ0v) is 15.8. The van der Waals surface area contributed by atoms with Crippen LogP contribution in [0.3, 0.4) is 0 Å². The number of hydrogen-bond donors (Lipinski definition) is 2. The van der Waals surface area contributed by atoms with Crippen molar-refractivity contribution in [3.63, 3.8) is 0 Å². The number of nitrogens with zero attached hydrogens (tertiary/aromatic N) is 4. The molecule has 2 heterocycles. The van der Waals surface area contributed by atoms with E-state index in [1.807, 2.05) is 7.05 Å². The van der Waals surface area contributed by atoms with Crippen LogP contribution in [0.25, 0.3) is 0 Å². The average molecular weight is 347 g/mol. The van der Waals surface area contributed by atoms with E-state index < -0.39 is 0 Å². The van der Waals surface area contributed by atoms with Crippen molar-refractivity contribution in [3.05, 3.63) is 11.6 Å². The largest absolute Gasteiger partial charge is 0.356 e. The molecule has 0 amide bonds. The summed E-state index contributed by atoms with van der Waals surface area (Å²) >= 11 is 0. The normalized spacial score (nSPS) is 18.8. The van der Waals surface area contributed by atoms with Crippen molar-refractivity contribution in [1.82, 2.24) is 25.4 Å². The molecule has 0 spiro atoms. The topological polar surface area (TPSA) is 67.1 Å². The van der Waals surface area contributed by atoms with Crippen LogP contribution in [0.4, 0.5) is 0 Å². The SMILES string of the molecule is CN=C(NCCCCC1CCCC1)NCc1nnc2n1CCCCC2. The van der Waals surface area contributed by atoms with E-state index in [2.05, 4.69) is 30.4 Å². The smallest absolute Gasteiger partial charge is 0.191 e. The fraction of sp³-hybridized carbons (Fsp3) is 0.842. The predicted molar refractivity (Wildman–Crippen MR) is 102 cm³/mol. The number of aryl methyl sites for hydroxylation is 1. The highest BCUT2D eigenvalue weighted by Crippen LogP contribution is 2.28. The molecule has 6 nitrogen and oxygen atoms in total. The minimum absolute atomic E-state index is 0.689. The molecule has 2 N–H and O–H groups in total. The number of fused-ring (bicyclic) bond motifs is 1. The monoisotopic (exact) mass is 346 g/mol. The second-order valence-corrected chi connectivity index (χ2v) is 7.49. The van der Waals surface area contributed by atoms with Crippen LogP contribution >= 0.6 is 0 Å². The van der Waals surface area contributed by atoms with Crippen molar-refractivity contribution in [1.29, 1.82) is 0 Å². The fourth-order valence-corrected chi connectivity index (χ4v) is 4.12. The van der Waals surface area contributed by atoms with Gasteiger partial charge in [-0.25, -0.2) is 0 Å². The third-order valence-corrected chi connectivity index (χ3v) is 5.63. The molecule has 1 fully saturated rings. The summed E-state index contributed by atoms with van der Waals surface area (Å²) in [6.07, 6.45) is 14.6. The number of rotatable bonds is 7. The summed E-state index contributed by atoms with van der Waals surface area (Å²) in [5.74, 6) is 4.04. The first-order valence-electron chi connectivity index (χ1n) is 10.2. The molecule has 0 atom stereocenters. The molecule has 140 valence electrons. The summed E-state index contributed by atoms with van der Waals surface area (Å²) in [6, 6.07) is 0. The van der Waals surface area contributed by atoms with Gasteiger partial charge in [-0.15, -0.1) is 10.2 Å². The second-order valence-electron chi connectivity index (χ2n) is 7.49. The van der Waals surface area contributed by atoms with Crippen molar-refractivity contribution in [2.45, 2.75) is 83.7 Å². The minimum Gasteiger partial charge on any atom is -0.356 e. The quantitative estimate of drug-likeness (QED) is 0.452. The molecule has 2 aliphatic rings. The first-order chi connectivity index (χ1) is 12.4. The van der Waals surface area contributed by atoms with Gasteiger partial charge in [-0.2, -0.15) is 0 Å². The molecule has 0 radical (unpaired) electrons. The Labute approximate surface area is 151 Å². The first kappa shape index (κ1) is 18.2. The summed E-state index contributed by atoms with van der Waals surface area (Å²) in [7, 11) is 1.83. The maximum absolute atomic E-state index is 4.37. The molecule has 0 unspecified atom stereocenters. The summed E-state index contributed by atoms with van der Waals surface area (Å²) < 4.78 is 2.29. The van der Waals surface area contributed by atoms with Crippen LogP contribution in [0.15, 0.2) is 4.99 Å². The van der Waals surface area contributed by atoms with Crippen LogP contribution in [0, 0.1) is 5.92 Å². The fourth-order valence-electron chi connectivity index (χ4n) is 4.12. The molecule has 1 aliphatic carbocycles. The number of guanidine groups is 1. The van der Waals surface area contributed by atoms with Crippen LogP contribution in [-0.2, 0) is 19.5 Å². The van der Waals surface area contributed by atoms with E-state index in [1.165, 1.54) is 64.2 Å². The van der Waals surface area contributed by atoms with Crippen molar-refractivity contribution in [3.8, 4) is 0 Å². The van der Waals surface area contributed by atoms with Crippen LogP contribution in [-0.4, -0.2) is 34.3 Å². The number of aliphatic imine (C=N–C) groups is 1. The van der Waals surface area contributed by atoms with E-state index in [-0.39, 0.29) is 0 Å². The van der Waals surface area contributed by atoms with Crippen LogP contribution in [0.2, 0.25) is 0 Å². The standard InChI is InChI=1S/C19H34N6/c1-20-19(21-13-7-6-11-16-9-4-5-10-16)22-15-18-24-23-17-12-3-2-8-14-25(17)18/h16H,2-15H2,1H3,(H2,20,21,22). The van der Waals surface area contributed by atoms with Gasteiger partial charge in [-0.1, -0.05) is 44.9 Å². The van der Waals surface area contributed by atoms with E-state index in [0.29, 0.717) is 6.54 Å². The Hall–Kier alpha value is -1.59. The van der Waals surface area contributed by atoms with Crippen molar-refractivity contribution < 1.29 is 0 Å². The Morgan fingerprint density at radius 1 is 1.08 bits per heavy atom. The molecule has 0 aromatic carbocycles. The third kappa shape index (κ3) is 5.44. The molecule has 0 bridgehead atoms. The van der Waals surface area contributed by atoms with Crippen molar-refractivity contribution in [2.75, 3.05) is 13.6 Å². The zero-order valence-electron chi connectivity index (χ0n) is 15.8. The lowest BCUT2D eigenvalue weighted by molar-refractivity contribution is 0.472. The molecular formula is C19H34N6. The van der Waals surface area contributed by atoms with Crippen LogP contribution < -0.4 is 10.6 Å². The Balaban J connectivity index is 1.35. The minimum atomic E-state index is 0.689. The van der Waals surface area contributed by atoms with Gasteiger partial charge in [0.1, 0.15) is 5.82 Å². The van der Waals surface area contributed by atoms with Gasteiger partial charge in [0.2, 0.25) is 0 Å². The van der Waals surface area contributed by atoms with Crippen molar-refractivity contribution >= 4 is 5.96 Å². The van der Waals surface area contributed by atoms with E-state index in [9.17, 15) is 0 Å². The van der Waals surface area contributed by atoms with Crippen LogP contribution in [0.1, 0.15) is 75.9 Å². The van der Waals surface area contributed by atoms with Gasteiger partial charge in [0.25, 0.3) is 0 Å². The number of nitrogens with one attached hydrogen (secondary N) is 2. The molecular weight excluding hydrogens is 312 g/mol. The van der Waals surface area contributed by atoms with E-state index in [0.717, 1.165) is 43.0 Å². The van der Waals surface area contributed by atoms with Gasteiger partial charge in [-0.05, 0) is 25.2 Å². The molecule has 3 rings (SSSR count). The highest BCUT2D eigenvalue weighted by atomic mass is 15.3. The first-order valence-corrected chi connectivity index (χ1v) is 10.2. The lowest BCUT2D eigenvalue weighted by Crippen LogP contribution is -2.38. The summed E-state index contributed by atoms with van der Waals surface area (Å²) in [5.41, 5.74) is 0. The van der Waals surface area contributed by atoms with Gasteiger partial charge in [0.05, 0.1) is 6.54 Å². The van der Waals surface area contributed by atoms with Gasteiger partial charge >= 0.3 is 0 Å². The molecule has 25 heavy (non-hydrogen) atoms. The Kier molecular flexibility index (Phi) is 7.12. The molecule has 1 aliphatic heterocycles. The highest BCUT2D eigenvalue weighted by Gasteiger charge is 2.15. The van der Waals surface area contributed by atoms with Gasteiger partial charge in [-0.3, -0.25) is 4.99 Å². The highest BCUT2D eigenvalue weighted by molar-refractivity contribution is 5.79. The maximum atomic E-state index is 4.37. The zero-order chi connectivity index (χ0) is 17.3. The Bertz CT molecular complexity index is 544. The van der Waals surface area contributed by atoms with E-state index in [4.69, 9.17) is 0 Å². The molecule has 1 aromatic rings. The summed E-state index contributed by atoms with van der Waals surface area (Å²) in [5, 5.41) is 15.5. The molecule has 6 heteroatoms. The second kappa shape index (κ2) is 9.78. The number of unbranched alkanes of at least 4 members (excludes halogenated alkanes) is 1. The van der Waals surface area contributed by atoms with E-state index >= 15 is 0 Å². The predicted octanol–water partition coefficient (Wildman–Crippen LogP) is 3.03. The number of aromatic nitrogens is 3. The Morgan fingerprint density at radius 2 is 1.96 bits per heavy atom. The van der Waals surface area contributed by atoms with Gasteiger partial charge in [0.15, 0.2) is 11.8 Å². The molecule has 1 aromatic heterocycles. The average Bonchev–Trinajstić information content (AvgIpc) is 3.22. The van der Waals surface area contributed by atoms with Gasteiger partial charge < -0.3 is 15.2 Å². The van der Waals surface area contributed by atoms with Crippen LogP contribution in [0.5, 0.6) is 0 Å². The van der Waals surface area contributed by atoms with E-state index in [1.54, 1.807) is 0 Å². The lowest BCUT2D eigenvalue weighted by atomic mass is 10.0.